The molecule has 1 atom stereocenters. The molecule has 0 fully saturated rings. The number of aromatic nitrogens is 3. The molecule has 2 aromatic rings. The second kappa shape index (κ2) is 5.31. The molecule has 1 heterocycles. The Labute approximate surface area is 108 Å². The average molecular weight is 244 g/mol. The molecule has 0 aliphatic carbocycles. The lowest BCUT2D eigenvalue weighted by molar-refractivity contribution is 0.543. The average Bonchev–Trinajstić information content (AvgIpc) is 2.77. The van der Waals surface area contributed by atoms with Gasteiger partial charge in [0.25, 0.3) is 0 Å². The molecule has 0 spiro atoms. The van der Waals surface area contributed by atoms with Gasteiger partial charge in [0.05, 0.1) is 17.9 Å². The third-order valence-corrected chi connectivity index (χ3v) is 3.16. The van der Waals surface area contributed by atoms with Crippen molar-refractivity contribution in [1.82, 2.24) is 15.0 Å². The number of hydrogen-bond acceptors (Lipinski definition) is 3. The van der Waals surface area contributed by atoms with Crippen LogP contribution in [0.4, 0.5) is 0 Å². The molecule has 0 radical (unpaired) electrons. The largest absolute Gasteiger partial charge is 0.319 e. The standard InChI is InChI=1S/C14H20N4/c1-4-7-18-13(9-16-17-18)14(15)12-6-5-10(2)8-11(12)3/h5-6,8-9,14H,4,7,15H2,1-3H3. The van der Waals surface area contributed by atoms with Crippen LogP contribution in [0.25, 0.3) is 0 Å². The summed E-state index contributed by atoms with van der Waals surface area (Å²) in [5.74, 6) is 0. The third-order valence-electron chi connectivity index (χ3n) is 3.16. The molecule has 0 amide bonds. The second-order valence-corrected chi connectivity index (χ2v) is 4.72. The molecule has 96 valence electrons. The summed E-state index contributed by atoms with van der Waals surface area (Å²) in [6, 6.07) is 6.19. The van der Waals surface area contributed by atoms with Gasteiger partial charge in [-0.25, -0.2) is 4.68 Å². The molecule has 0 aliphatic heterocycles. The van der Waals surface area contributed by atoms with E-state index >= 15 is 0 Å². The zero-order valence-electron chi connectivity index (χ0n) is 11.2. The molecule has 4 nitrogen and oxygen atoms in total. The summed E-state index contributed by atoms with van der Waals surface area (Å²) in [5.41, 5.74) is 10.9. The van der Waals surface area contributed by atoms with Crippen molar-refractivity contribution in [2.45, 2.75) is 39.8 Å². The van der Waals surface area contributed by atoms with Crippen molar-refractivity contribution in [2.24, 2.45) is 5.73 Å². The predicted molar refractivity (Wildman–Crippen MR) is 72.3 cm³/mol. The zero-order chi connectivity index (χ0) is 13.1. The van der Waals surface area contributed by atoms with Crippen LogP contribution in [-0.2, 0) is 6.54 Å². The molecule has 0 aliphatic rings. The maximum absolute atomic E-state index is 6.34. The van der Waals surface area contributed by atoms with Gasteiger partial charge in [-0.15, -0.1) is 5.10 Å². The van der Waals surface area contributed by atoms with Crippen LogP contribution in [0, 0.1) is 13.8 Å². The highest BCUT2D eigenvalue weighted by atomic mass is 15.4. The van der Waals surface area contributed by atoms with E-state index < -0.39 is 0 Å². The molecular formula is C14H20N4. The van der Waals surface area contributed by atoms with Crippen LogP contribution in [0.3, 0.4) is 0 Å². The Bertz CT molecular complexity index is 530. The van der Waals surface area contributed by atoms with Crippen molar-refractivity contribution in [1.29, 1.82) is 0 Å². The van der Waals surface area contributed by atoms with Gasteiger partial charge < -0.3 is 5.73 Å². The van der Waals surface area contributed by atoms with E-state index in [0.29, 0.717) is 0 Å². The first-order chi connectivity index (χ1) is 8.63. The highest BCUT2D eigenvalue weighted by Crippen LogP contribution is 2.22. The minimum atomic E-state index is -0.160. The van der Waals surface area contributed by atoms with Crippen LogP contribution in [0.5, 0.6) is 0 Å². The molecule has 1 unspecified atom stereocenters. The first-order valence-electron chi connectivity index (χ1n) is 6.34. The van der Waals surface area contributed by atoms with Gasteiger partial charge in [0.1, 0.15) is 0 Å². The van der Waals surface area contributed by atoms with Crippen molar-refractivity contribution in [3.8, 4) is 0 Å². The Kier molecular flexibility index (Phi) is 3.77. The maximum atomic E-state index is 6.34. The topological polar surface area (TPSA) is 56.7 Å². The SMILES string of the molecule is CCCn1nncc1C(N)c1ccc(C)cc1C. The van der Waals surface area contributed by atoms with Crippen LogP contribution < -0.4 is 5.73 Å². The molecule has 4 heteroatoms. The first-order valence-corrected chi connectivity index (χ1v) is 6.34. The van der Waals surface area contributed by atoms with Gasteiger partial charge in [-0.05, 0) is 31.4 Å². The summed E-state index contributed by atoms with van der Waals surface area (Å²) in [6.45, 7) is 7.16. The smallest absolute Gasteiger partial charge is 0.0799 e. The van der Waals surface area contributed by atoms with E-state index in [9.17, 15) is 0 Å². The summed E-state index contributed by atoms with van der Waals surface area (Å²) < 4.78 is 1.89. The normalized spacial score (nSPS) is 12.7. The van der Waals surface area contributed by atoms with Gasteiger partial charge in [-0.2, -0.15) is 0 Å². The highest BCUT2D eigenvalue weighted by molar-refractivity contribution is 5.36. The van der Waals surface area contributed by atoms with Crippen LogP contribution in [0.1, 0.15) is 41.8 Å². The van der Waals surface area contributed by atoms with Gasteiger partial charge in [0.15, 0.2) is 0 Å². The quantitative estimate of drug-likeness (QED) is 0.898. The molecule has 0 saturated carbocycles. The van der Waals surface area contributed by atoms with Gasteiger partial charge in [0, 0.05) is 6.54 Å². The Morgan fingerprint density at radius 2 is 2.11 bits per heavy atom. The lowest BCUT2D eigenvalue weighted by atomic mass is 9.98. The van der Waals surface area contributed by atoms with E-state index in [2.05, 4.69) is 49.3 Å². The van der Waals surface area contributed by atoms with Crippen molar-refractivity contribution in [3.63, 3.8) is 0 Å². The Morgan fingerprint density at radius 1 is 1.33 bits per heavy atom. The first kappa shape index (κ1) is 12.8. The lowest BCUT2D eigenvalue weighted by Crippen LogP contribution is -2.18. The fourth-order valence-electron chi connectivity index (χ4n) is 2.23. The van der Waals surface area contributed by atoms with Crippen LogP contribution in [0.15, 0.2) is 24.4 Å². The molecule has 1 aromatic carbocycles. The van der Waals surface area contributed by atoms with Crippen molar-refractivity contribution >= 4 is 0 Å². The maximum Gasteiger partial charge on any atom is 0.0799 e. The number of benzene rings is 1. The number of nitrogens with zero attached hydrogens (tertiary/aromatic N) is 3. The molecule has 18 heavy (non-hydrogen) atoms. The fraction of sp³-hybridized carbons (Fsp3) is 0.429. The molecule has 2 N–H and O–H groups in total. The number of hydrogen-bond donors (Lipinski definition) is 1. The molecular weight excluding hydrogens is 224 g/mol. The highest BCUT2D eigenvalue weighted by Gasteiger charge is 2.16. The van der Waals surface area contributed by atoms with E-state index in [4.69, 9.17) is 5.73 Å². The Balaban J connectivity index is 2.35. The van der Waals surface area contributed by atoms with E-state index in [-0.39, 0.29) is 6.04 Å². The second-order valence-electron chi connectivity index (χ2n) is 4.72. The molecule has 1 aromatic heterocycles. The van der Waals surface area contributed by atoms with Crippen molar-refractivity contribution in [2.75, 3.05) is 0 Å². The molecule has 2 rings (SSSR count). The summed E-state index contributed by atoms with van der Waals surface area (Å²) in [7, 11) is 0. The van der Waals surface area contributed by atoms with Crippen LogP contribution in [0.2, 0.25) is 0 Å². The number of nitrogens with two attached hydrogens (primary N) is 1. The predicted octanol–water partition coefficient (Wildman–Crippen LogP) is 2.35. The Morgan fingerprint density at radius 3 is 2.78 bits per heavy atom. The van der Waals surface area contributed by atoms with Gasteiger partial charge in [-0.3, -0.25) is 0 Å². The van der Waals surface area contributed by atoms with E-state index in [1.54, 1.807) is 6.20 Å². The summed E-state index contributed by atoms with van der Waals surface area (Å²) >= 11 is 0. The summed E-state index contributed by atoms with van der Waals surface area (Å²) in [6.07, 6.45) is 2.79. The summed E-state index contributed by atoms with van der Waals surface area (Å²) in [4.78, 5) is 0. The van der Waals surface area contributed by atoms with Crippen LogP contribution >= 0.6 is 0 Å². The lowest BCUT2D eigenvalue weighted by Gasteiger charge is -2.16. The minimum absolute atomic E-state index is 0.160. The molecule has 0 bridgehead atoms. The third kappa shape index (κ3) is 2.43. The Hall–Kier alpha value is -1.68. The number of aryl methyl sites for hydroxylation is 3. The van der Waals surface area contributed by atoms with Crippen molar-refractivity contribution < 1.29 is 0 Å². The summed E-state index contributed by atoms with van der Waals surface area (Å²) in [5, 5.41) is 8.05. The van der Waals surface area contributed by atoms with E-state index in [1.807, 2.05) is 4.68 Å². The van der Waals surface area contributed by atoms with E-state index in [0.717, 1.165) is 24.2 Å². The number of rotatable bonds is 4. The van der Waals surface area contributed by atoms with Gasteiger partial charge >= 0.3 is 0 Å². The molecule has 0 saturated heterocycles. The van der Waals surface area contributed by atoms with Gasteiger partial charge in [0.2, 0.25) is 0 Å². The minimum Gasteiger partial charge on any atom is -0.319 e. The fourth-order valence-corrected chi connectivity index (χ4v) is 2.23. The van der Waals surface area contributed by atoms with Crippen molar-refractivity contribution in [3.05, 3.63) is 46.8 Å². The monoisotopic (exact) mass is 244 g/mol. The van der Waals surface area contributed by atoms with E-state index in [1.165, 1.54) is 11.1 Å². The van der Waals surface area contributed by atoms with Crippen LogP contribution in [-0.4, -0.2) is 15.0 Å². The van der Waals surface area contributed by atoms with Gasteiger partial charge in [-0.1, -0.05) is 35.9 Å². The zero-order valence-corrected chi connectivity index (χ0v) is 11.2.